The van der Waals surface area contributed by atoms with Crippen LogP contribution in [0.5, 0.6) is 17.2 Å². The lowest BCUT2D eigenvalue weighted by Crippen LogP contribution is -2.16. The minimum atomic E-state index is -0.192. The predicted molar refractivity (Wildman–Crippen MR) is 148 cm³/mol. The molecule has 3 N–H and O–H groups in total. The summed E-state index contributed by atoms with van der Waals surface area (Å²) in [6.07, 6.45) is 5.00. The second-order valence-corrected chi connectivity index (χ2v) is 9.04. The van der Waals surface area contributed by atoms with Gasteiger partial charge in [-0.25, -0.2) is 4.98 Å². The van der Waals surface area contributed by atoms with Crippen molar-refractivity contribution >= 4 is 22.4 Å². The van der Waals surface area contributed by atoms with E-state index in [0.29, 0.717) is 36.3 Å². The molecule has 192 valence electrons. The van der Waals surface area contributed by atoms with Gasteiger partial charge in [0.1, 0.15) is 23.9 Å². The summed E-state index contributed by atoms with van der Waals surface area (Å²) in [4.78, 5) is 16.3. The molecule has 9 nitrogen and oxygen atoms in total. The van der Waals surface area contributed by atoms with Crippen LogP contribution in [0.4, 0.5) is 11.6 Å². The fourth-order valence-electron chi connectivity index (χ4n) is 4.29. The fourth-order valence-corrected chi connectivity index (χ4v) is 4.29. The molecule has 3 heterocycles. The van der Waals surface area contributed by atoms with Crippen molar-refractivity contribution in [1.29, 1.82) is 0 Å². The van der Waals surface area contributed by atoms with Gasteiger partial charge < -0.3 is 25.1 Å². The van der Waals surface area contributed by atoms with Crippen LogP contribution in [0.15, 0.2) is 78.0 Å². The predicted octanol–water partition coefficient (Wildman–Crippen LogP) is 4.91. The number of ether oxygens (including phenoxy) is 2. The summed E-state index contributed by atoms with van der Waals surface area (Å²) in [7, 11) is 1.69. The fraction of sp³-hybridized carbons (Fsp3) is 0.172. The molecule has 5 rings (SSSR count). The third-order valence-corrected chi connectivity index (χ3v) is 6.44. The van der Waals surface area contributed by atoms with E-state index in [2.05, 4.69) is 40.4 Å². The standard InChI is InChI=1S/C29H28N6O3/c1-18-13-24-23(10-11-31-28(24)30)19(2)25(18)16-32-27-14-22(15-33-34-27)37-17-20-6-8-21(9-7-20)38-26-5-4-12-35(3)29(26)36/h4-15H,16-17H2,1-3H3,(H2,30,31)(H,32,34). The van der Waals surface area contributed by atoms with Gasteiger partial charge in [0.2, 0.25) is 0 Å². The lowest BCUT2D eigenvalue weighted by atomic mass is 9.96. The number of nitrogens with one attached hydrogen (secondary N) is 1. The van der Waals surface area contributed by atoms with Gasteiger partial charge in [0, 0.05) is 37.4 Å². The third kappa shape index (κ3) is 5.27. The first-order valence-electron chi connectivity index (χ1n) is 12.1. The number of anilines is 2. The number of nitrogen functional groups attached to an aromatic ring is 1. The van der Waals surface area contributed by atoms with E-state index in [9.17, 15) is 4.79 Å². The van der Waals surface area contributed by atoms with Crippen molar-refractivity contribution in [3.05, 3.63) is 106 Å². The summed E-state index contributed by atoms with van der Waals surface area (Å²) in [5.74, 6) is 2.60. The maximum Gasteiger partial charge on any atom is 0.293 e. The summed E-state index contributed by atoms with van der Waals surface area (Å²) < 4.78 is 13.1. The Bertz CT molecular complexity index is 1660. The minimum Gasteiger partial charge on any atom is -0.487 e. The van der Waals surface area contributed by atoms with Crippen molar-refractivity contribution in [3.8, 4) is 17.2 Å². The number of pyridine rings is 2. The Hall–Kier alpha value is -4.92. The largest absolute Gasteiger partial charge is 0.487 e. The van der Waals surface area contributed by atoms with Crippen molar-refractivity contribution in [1.82, 2.24) is 19.7 Å². The Morgan fingerprint density at radius 2 is 1.84 bits per heavy atom. The molecule has 3 aromatic heterocycles. The molecule has 0 unspecified atom stereocenters. The summed E-state index contributed by atoms with van der Waals surface area (Å²) in [6.45, 7) is 5.08. The van der Waals surface area contributed by atoms with Gasteiger partial charge in [0.15, 0.2) is 11.6 Å². The molecule has 0 spiro atoms. The van der Waals surface area contributed by atoms with Crippen molar-refractivity contribution in [2.24, 2.45) is 7.05 Å². The highest BCUT2D eigenvalue weighted by Gasteiger charge is 2.11. The molecule has 0 fully saturated rings. The molecule has 0 atom stereocenters. The Labute approximate surface area is 219 Å². The maximum atomic E-state index is 12.1. The van der Waals surface area contributed by atoms with Gasteiger partial charge in [-0.2, -0.15) is 5.10 Å². The number of nitrogens with zero attached hydrogens (tertiary/aromatic N) is 4. The summed E-state index contributed by atoms with van der Waals surface area (Å²) in [6, 6.07) is 16.7. The van der Waals surface area contributed by atoms with E-state index in [1.165, 1.54) is 10.1 Å². The van der Waals surface area contributed by atoms with Crippen LogP contribution in [-0.2, 0) is 20.2 Å². The van der Waals surface area contributed by atoms with E-state index in [-0.39, 0.29) is 11.3 Å². The smallest absolute Gasteiger partial charge is 0.293 e. The Morgan fingerprint density at radius 3 is 2.66 bits per heavy atom. The molecule has 0 aliphatic rings. The number of hydrogen-bond donors (Lipinski definition) is 2. The molecule has 0 aliphatic carbocycles. The Kier molecular flexibility index (Phi) is 6.90. The molecular formula is C29H28N6O3. The number of aromatic nitrogens is 4. The lowest BCUT2D eigenvalue weighted by molar-refractivity contribution is 0.304. The van der Waals surface area contributed by atoms with Gasteiger partial charge in [-0.15, -0.1) is 5.10 Å². The lowest BCUT2D eigenvalue weighted by Gasteiger charge is -2.15. The highest BCUT2D eigenvalue weighted by atomic mass is 16.5. The van der Waals surface area contributed by atoms with Crippen molar-refractivity contribution < 1.29 is 9.47 Å². The number of rotatable bonds is 8. The first kappa shape index (κ1) is 24.8. The number of fused-ring (bicyclic) bond motifs is 1. The Balaban J connectivity index is 1.21. The van der Waals surface area contributed by atoms with Crippen LogP contribution in [0, 0.1) is 13.8 Å². The number of nitrogens with two attached hydrogens (primary N) is 1. The second-order valence-electron chi connectivity index (χ2n) is 9.04. The van der Waals surface area contributed by atoms with E-state index >= 15 is 0 Å². The summed E-state index contributed by atoms with van der Waals surface area (Å²) in [5.41, 5.74) is 10.3. The third-order valence-electron chi connectivity index (χ3n) is 6.44. The highest BCUT2D eigenvalue weighted by Crippen LogP contribution is 2.28. The molecule has 5 aromatic rings. The number of aryl methyl sites for hydroxylation is 3. The molecule has 9 heteroatoms. The van der Waals surface area contributed by atoms with Crippen molar-refractivity contribution in [3.63, 3.8) is 0 Å². The maximum absolute atomic E-state index is 12.1. The number of hydrogen-bond acceptors (Lipinski definition) is 8. The van der Waals surface area contributed by atoms with Crippen LogP contribution in [0.1, 0.15) is 22.3 Å². The van der Waals surface area contributed by atoms with E-state index < -0.39 is 0 Å². The van der Waals surface area contributed by atoms with E-state index in [1.54, 1.807) is 49.9 Å². The SMILES string of the molecule is Cc1cc2c(N)nccc2c(C)c1CNc1cc(OCc2ccc(Oc3cccn(C)c3=O)cc2)cnn1. The van der Waals surface area contributed by atoms with Gasteiger partial charge >= 0.3 is 0 Å². The van der Waals surface area contributed by atoms with E-state index in [4.69, 9.17) is 15.2 Å². The van der Waals surface area contributed by atoms with Crippen LogP contribution >= 0.6 is 0 Å². The van der Waals surface area contributed by atoms with Gasteiger partial charge in [-0.1, -0.05) is 12.1 Å². The molecule has 0 amide bonds. The quantitative estimate of drug-likeness (QED) is 0.304. The molecule has 0 aliphatic heterocycles. The van der Waals surface area contributed by atoms with Crippen molar-refractivity contribution in [2.75, 3.05) is 11.1 Å². The van der Waals surface area contributed by atoms with Crippen LogP contribution in [-0.4, -0.2) is 19.7 Å². The second kappa shape index (κ2) is 10.6. The van der Waals surface area contributed by atoms with E-state index in [1.807, 2.05) is 24.3 Å². The molecule has 2 aromatic carbocycles. The first-order valence-corrected chi connectivity index (χ1v) is 12.1. The zero-order chi connectivity index (χ0) is 26.6. The topological polar surface area (TPSA) is 117 Å². The molecule has 0 radical (unpaired) electrons. The molecular weight excluding hydrogens is 480 g/mol. The van der Waals surface area contributed by atoms with E-state index in [0.717, 1.165) is 27.5 Å². The van der Waals surface area contributed by atoms with Gasteiger partial charge in [-0.3, -0.25) is 4.79 Å². The van der Waals surface area contributed by atoms with Gasteiger partial charge in [0.25, 0.3) is 5.56 Å². The van der Waals surface area contributed by atoms with Gasteiger partial charge in [0.05, 0.1) is 6.20 Å². The zero-order valence-corrected chi connectivity index (χ0v) is 21.4. The summed E-state index contributed by atoms with van der Waals surface area (Å²) in [5, 5.41) is 13.7. The molecule has 38 heavy (non-hydrogen) atoms. The highest BCUT2D eigenvalue weighted by molar-refractivity contribution is 5.94. The first-order chi connectivity index (χ1) is 18.4. The summed E-state index contributed by atoms with van der Waals surface area (Å²) >= 11 is 0. The van der Waals surface area contributed by atoms with Crippen LogP contribution in [0.3, 0.4) is 0 Å². The van der Waals surface area contributed by atoms with Gasteiger partial charge in [-0.05, 0) is 77.9 Å². The Morgan fingerprint density at radius 1 is 1.03 bits per heavy atom. The monoisotopic (exact) mass is 508 g/mol. The zero-order valence-electron chi connectivity index (χ0n) is 21.4. The van der Waals surface area contributed by atoms with Crippen LogP contribution in [0.25, 0.3) is 10.8 Å². The molecule has 0 bridgehead atoms. The molecule has 0 saturated heterocycles. The van der Waals surface area contributed by atoms with Crippen LogP contribution < -0.4 is 26.1 Å². The normalized spacial score (nSPS) is 10.9. The van der Waals surface area contributed by atoms with Crippen LogP contribution in [0.2, 0.25) is 0 Å². The average Bonchev–Trinajstić information content (AvgIpc) is 2.92. The minimum absolute atomic E-state index is 0.192. The van der Waals surface area contributed by atoms with Crippen molar-refractivity contribution in [2.45, 2.75) is 27.0 Å². The number of benzene rings is 2. The average molecular weight is 509 g/mol. The molecule has 0 saturated carbocycles.